The molecule has 0 aliphatic carbocycles. The topological polar surface area (TPSA) is 158 Å². The zero-order chi connectivity index (χ0) is 36.4. The smallest absolute Gasteiger partial charge is 0.423 e. The first-order chi connectivity index (χ1) is 23.6. The number of aromatic nitrogens is 4. The van der Waals surface area contributed by atoms with Crippen molar-refractivity contribution in [2.24, 2.45) is 11.7 Å². The number of likely N-dealkylation sites (tertiary alicyclic amines) is 1. The van der Waals surface area contributed by atoms with Crippen molar-refractivity contribution < 1.29 is 45.4 Å². The number of benzene rings is 1. The molecule has 1 aromatic carbocycles. The molecule has 0 spiro atoms. The second-order valence-corrected chi connectivity index (χ2v) is 12.0. The van der Waals surface area contributed by atoms with Crippen molar-refractivity contribution in [2.45, 2.75) is 56.9 Å². The largest absolute Gasteiger partial charge is 0.497 e. The molecular formula is C31H34F6N8O5. The summed E-state index contributed by atoms with van der Waals surface area (Å²) in [4.78, 5) is 49.3. The van der Waals surface area contributed by atoms with Crippen molar-refractivity contribution in [3.8, 4) is 5.75 Å². The Morgan fingerprint density at radius 1 is 1.02 bits per heavy atom. The number of methoxy groups -OCH3 is 1. The third kappa shape index (κ3) is 8.09. The number of hydrogen-bond acceptors (Lipinski definition) is 10. The fourth-order valence-corrected chi connectivity index (χ4v) is 6.02. The molecule has 5 rings (SSSR count). The summed E-state index contributed by atoms with van der Waals surface area (Å²) in [6.45, 7) is 1.51. The molecule has 3 N–H and O–H groups in total. The first-order valence-corrected chi connectivity index (χ1v) is 15.5. The van der Waals surface area contributed by atoms with Gasteiger partial charge in [0.25, 0.3) is 11.5 Å². The van der Waals surface area contributed by atoms with Crippen LogP contribution in [0, 0.1) is 5.92 Å². The number of nitrogens with two attached hydrogens (primary N) is 1. The van der Waals surface area contributed by atoms with Crippen molar-refractivity contribution in [1.82, 2.24) is 24.6 Å². The Labute approximate surface area is 281 Å². The minimum Gasteiger partial charge on any atom is -0.497 e. The van der Waals surface area contributed by atoms with Gasteiger partial charge in [-0.1, -0.05) is 12.1 Å². The molecule has 50 heavy (non-hydrogen) atoms. The quantitative estimate of drug-likeness (QED) is 0.284. The number of ether oxygens (including phenoxy) is 2. The summed E-state index contributed by atoms with van der Waals surface area (Å²) in [7, 11) is 1.47. The minimum absolute atomic E-state index is 0.0170. The number of piperidine rings is 1. The van der Waals surface area contributed by atoms with Gasteiger partial charge in [0.1, 0.15) is 17.4 Å². The molecule has 0 radical (unpaired) electrons. The lowest BCUT2D eigenvalue weighted by Gasteiger charge is -2.41. The van der Waals surface area contributed by atoms with E-state index in [0.717, 1.165) is 6.20 Å². The molecule has 2 fully saturated rings. The Kier molecular flexibility index (Phi) is 10.5. The monoisotopic (exact) mass is 712 g/mol. The molecule has 3 unspecified atom stereocenters. The first-order valence-electron chi connectivity index (χ1n) is 15.5. The van der Waals surface area contributed by atoms with Gasteiger partial charge in [0.05, 0.1) is 43.6 Å². The first kappa shape index (κ1) is 36.3. The highest BCUT2D eigenvalue weighted by Gasteiger charge is 2.44. The van der Waals surface area contributed by atoms with Gasteiger partial charge in [0, 0.05) is 50.5 Å². The number of amides is 2. The van der Waals surface area contributed by atoms with E-state index in [-0.39, 0.29) is 51.6 Å². The number of carbonyl (C=O) groups is 2. The molecule has 4 heterocycles. The summed E-state index contributed by atoms with van der Waals surface area (Å²) in [6.07, 6.45) is -7.89. The fourth-order valence-electron chi connectivity index (χ4n) is 6.02. The van der Waals surface area contributed by atoms with Gasteiger partial charge in [-0.2, -0.15) is 31.4 Å². The molecule has 2 aliphatic heterocycles. The second kappa shape index (κ2) is 14.5. The van der Waals surface area contributed by atoms with Crippen molar-refractivity contribution in [3.63, 3.8) is 0 Å². The number of halogens is 6. The summed E-state index contributed by atoms with van der Waals surface area (Å²) >= 11 is 0. The van der Waals surface area contributed by atoms with Crippen LogP contribution in [0.4, 0.5) is 38.0 Å². The van der Waals surface area contributed by atoms with E-state index in [9.17, 15) is 40.7 Å². The number of hydrogen-bond donors (Lipinski definition) is 2. The van der Waals surface area contributed by atoms with E-state index < -0.39 is 70.6 Å². The average molecular weight is 713 g/mol. The summed E-state index contributed by atoms with van der Waals surface area (Å²) in [5, 5.41) is 6.56. The summed E-state index contributed by atoms with van der Waals surface area (Å²) < 4.78 is 92.6. The number of primary amides is 1. The number of carbonyl (C=O) groups excluding carboxylic acids is 2. The fraction of sp³-hybridized carbons (Fsp3) is 0.484. The number of alkyl halides is 6. The van der Waals surface area contributed by atoms with Crippen LogP contribution in [-0.4, -0.2) is 88.0 Å². The second-order valence-electron chi connectivity index (χ2n) is 12.0. The SMILES string of the molecule is COc1ccc(Cn2ncc(NC(C)CO[C@@H]3CCN(C4CCN(c5ncc(C(F)(F)F)cn5)CC4C(N)=O)C3=O)c(C(F)(F)F)c2=O)cc1. The van der Waals surface area contributed by atoms with Crippen LogP contribution in [-0.2, 0) is 33.2 Å². The van der Waals surface area contributed by atoms with Gasteiger partial charge < -0.3 is 30.3 Å². The normalized spacial score (nSPS) is 20.6. The summed E-state index contributed by atoms with van der Waals surface area (Å²) in [5.41, 5.74) is 1.86. The zero-order valence-electron chi connectivity index (χ0n) is 26.9. The number of nitrogens with one attached hydrogen (secondary N) is 1. The molecule has 2 aliphatic rings. The van der Waals surface area contributed by atoms with Crippen LogP contribution in [0.15, 0.2) is 47.7 Å². The van der Waals surface area contributed by atoms with Gasteiger partial charge in [-0.05, 0) is 31.0 Å². The van der Waals surface area contributed by atoms with Gasteiger partial charge in [-0.3, -0.25) is 14.4 Å². The van der Waals surface area contributed by atoms with E-state index in [4.69, 9.17) is 15.2 Å². The predicted octanol–water partition coefficient (Wildman–Crippen LogP) is 2.93. The molecule has 19 heteroatoms. The van der Waals surface area contributed by atoms with Gasteiger partial charge in [0.2, 0.25) is 11.9 Å². The molecule has 270 valence electrons. The molecule has 2 saturated heterocycles. The molecule has 13 nitrogen and oxygen atoms in total. The Bertz CT molecular complexity index is 1740. The highest BCUT2D eigenvalue weighted by Crippen LogP contribution is 2.33. The maximum absolute atomic E-state index is 14.1. The van der Waals surface area contributed by atoms with Crippen LogP contribution in [0.1, 0.15) is 36.5 Å². The zero-order valence-corrected chi connectivity index (χ0v) is 26.9. The van der Waals surface area contributed by atoms with E-state index in [1.165, 1.54) is 23.8 Å². The molecule has 3 aromatic rings. The molecule has 2 amide bonds. The van der Waals surface area contributed by atoms with Crippen molar-refractivity contribution >= 4 is 23.5 Å². The average Bonchev–Trinajstić information content (AvgIpc) is 3.43. The minimum atomic E-state index is -5.00. The standard InChI is InChI=1S/C31H34F6N8O5/c1-17(42-22-13-41-45(28(48)25(22)31(35,36)37)14-18-3-5-20(49-2)6-4-18)16-50-24-8-10-44(27(24)47)23-7-9-43(15-21(23)26(38)46)29-39-11-19(12-40-29)30(32,33)34/h3-6,11-13,17,21,23-24,42H,7-10,14-16H2,1-2H3,(H2,38,46)/t17?,21?,23?,24-/m1/s1. The summed E-state index contributed by atoms with van der Waals surface area (Å²) in [5.74, 6) is -1.53. The van der Waals surface area contributed by atoms with Gasteiger partial charge in [-0.15, -0.1) is 0 Å². The van der Waals surface area contributed by atoms with Crippen LogP contribution >= 0.6 is 0 Å². The maximum Gasteiger partial charge on any atom is 0.423 e. The van der Waals surface area contributed by atoms with Crippen molar-refractivity contribution in [2.75, 3.05) is 43.6 Å². The van der Waals surface area contributed by atoms with Crippen LogP contribution in [0.25, 0.3) is 0 Å². The van der Waals surface area contributed by atoms with Crippen LogP contribution in [0.5, 0.6) is 5.75 Å². The maximum atomic E-state index is 14.1. The van der Waals surface area contributed by atoms with Gasteiger partial charge in [-0.25, -0.2) is 14.6 Å². The van der Waals surface area contributed by atoms with E-state index in [2.05, 4.69) is 20.4 Å². The van der Waals surface area contributed by atoms with Crippen LogP contribution in [0.3, 0.4) is 0 Å². The molecule has 4 atom stereocenters. The summed E-state index contributed by atoms with van der Waals surface area (Å²) in [6, 6.07) is 5.01. The lowest BCUT2D eigenvalue weighted by molar-refractivity contribution is -0.142. The third-order valence-electron chi connectivity index (χ3n) is 8.55. The van der Waals surface area contributed by atoms with Gasteiger partial charge in [0.15, 0.2) is 0 Å². The van der Waals surface area contributed by atoms with E-state index >= 15 is 0 Å². The highest BCUT2D eigenvalue weighted by atomic mass is 19.4. The van der Waals surface area contributed by atoms with Crippen molar-refractivity contribution in [1.29, 1.82) is 0 Å². The molecule has 0 saturated carbocycles. The molecular weight excluding hydrogens is 678 g/mol. The Hall–Kier alpha value is -4.94. The molecule has 0 bridgehead atoms. The van der Waals surface area contributed by atoms with Crippen molar-refractivity contribution in [3.05, 3.63) is 69.9 Å². The van der Waals surface area contributed by atoms with Gasteiger partial charge >= 0.3 is 12.4 Å². The predicted molar refractivity (Wildman–Crippen MR) is 165 cm³/mol. The van der Waals surface area contributed by atoms with E-state index in [1.54, 1.807) is 24.3 Å². The third-order valence-corrected chi connectivity index (χ3v) is 8.55. The van der Waals surface area contributed by atoms with E-state index in [1.807, 2.05) is 0 Å². The van der Waals surface area contributed by atoms with E-state index in [0.29, 0.717) is 28.4 Å². The number of nitrogens with zero attached hydrogens (tertiary/aromatic N) is 6. The Morgan fingerprint density at radius 3 is 2.30 bits per heavy atom. The lowest BCUT2D eigenvalue weighted by atomic mass is 9.90. The number of rotatable bonds is 11. The van der Waals surface area contributed by atoms with Crippen LogP contribution in [0.2, 0.25) is 0 Å². The Morgan fingerprint density at radius 2 is 1.70 bits per heavy atom. The highest BCUT2D eigenvalue weighted by molar-refractivity contribution is 5.85. The molecule has 2 aromatic heterocycles. The van der Waals surface area contributed by atoms with Crippen LogP contribution < -0.4 is 26.2 Å². The lowest BCUT2D eigenvalue weighted by Crippen LogP contribution is -2.56. The number of anilines is 2. The Balaban J connectivity index is 1.20.